The molecule has 0 radical (unpaired) electrons. The molecule has 0 aliphatic heterocycles. The van der Waals surface area contributed by atoms with Crippen LogP contribution in [0.5, 0.6) is 0 Å². The molecule has 0 unspecified atom stereocenters. The van der Waals surface area contributed by atoms with Gasteiger partial charge in [0.2, 0.25) is 0 Å². The van der Waals surface area contributed by atoms with Gasteiger partial charge in [-0.3, -0.25) is 28.8 Å². The maximum Gasteiger partial charge on any atom is 0.253 e. The Balaban J connectivity index is 4.19. The van der Waals surface area contributed by atoms with Crippen molar-refractivity contribution in [3.05, 3.63) is 33.4 Å². The first-order valence-electron chi connectivity index (χ1n) is 26.4. The molecule has 69 heavy (non-hydrogen) atoms. The summed E-state index contributed by atoms with van der Waals surface area (Å²) in [4.78, 5) is 79.8. The van der Waals surface area contributed by atoms with Crippen molar-refractivity contribution in [1.82, 2.24) is 16.0 Å². The van der Waals surface area contributed by atoms with Gasteiger partial charge >= 0.3 is 0 Å². The molecule has 1 aromatic rings. The molecule has 12 heteroatoms. The van der Waals surface area contributed by atoms with Crippen LogP contribution < -0.4 is 16.0 Å². The van der Waals surface area contributed by atoms with Gasteiger partial charge in [-0.05, 0) is 19.3 Å². The van der Waals surface area contributed by atoms with Crippen molar-refractivity contribution in [2.45, 2.75) is 215 Å². The lowest BCUT2D eigenvalue weighted by Gasteiger charge is -2.20. The van der Waals surface area contributed by atoms with E-state index in [1.165, 1.54) is 117 Å². The van der Waals surface area contributed by atoms with Crippen LogP contribution in [0.4, 0.5) is 0 Å². The van der Waals surface area contributed by atoms with E-state index in [2.05, 4.69) is 72.2 Å². The van der Waals surface area contributed by atoms with Gasteiger partial charge in [-0.2, -0.15) is 0 Å². The zero-order chi connectivity index (χ0) is 50.7. The molecule has 1 aromatic carbocycles. The molecule has 0 saturated heterocycles. The first kappa shape index (κ1) is 63.4. The highest BCUT2D eigenvalue weighted by Gasteiger charge is 2.32. The van der Waals surface area contributed by atoms with Crippen molar-refractivity contribution in [2.75, 3.05) is 36.9 Å². The molecule has 0 fully saturated rings. The standard InChI is InChI=1S/C57H87N3O6S3/c1-7-10-13-16-19-22-25-28-31-34-37-49-52(55(64)58-40-43-67-46(4)61)50(38-35-32-29-26-23-20-17-14-11-8-2)54(57(66)60-42-45-69-48(6)63)51(53(49)56(65)59-41-44-68-47(5)62)39-36-33-30-27-24-21-18-15-12-9-3/h7-33,40-45H2,1-6H3,(H,58,64)(H,59,65)(H,60,66). The highest BCUT2D eigenvalue weighted by Crippen LogP contribution is 2.29. The SMILES string of the molecule is CCCCCCCCCCC#Cc1c(C(=O)NCCSC(C)=O)c(C#CCCCCCCCCCC)c(C(=O)NCCSC(C)=O)c(C#CCCCCCCCCCC)c1C(=O)NCCSC(C)=O. The minimum absolute atomic E-state index is 0.0230. The molecule has 0 heterocycles. The van der Waals surface area contributed by atoms with Crippen LogP contribution in [0.25, 0.3) is 0 Å². The fourth-order valence-electron chi connectivity index (χ4n) is 7.64. The van der Waals surface area contributed by atoms with Gasteiger partial charge in [0.1, 0.15) is 0 Å². The number of nitrogens with one attached hydrogen (secondary N) is 3. The number of unbranched alkanes of at least 4 members (excludes halogenated alkanes) is 24. The number of hydrogen-bond acceptors (Lipinski definition) is 9. The van der Waals surface area contributed by atoms with E-state index >= 15 is 0 Å². The highest BCUT2D eigenvalue weighted by molar-refractivity contribution is 8.14. The topological polar surface area (TPSA) is 139 Å². The highest BCUT2D eigenvalue weighted by atomic mass is 32.2. The first-order valence-corrected chi connectivity index (χ1v) is 29.4. The van der Waals surface area contributed by atoms with Crippen LogP contribution in [0.3, 0.4) is 0 Å². The monoisotopic (exact) mass is 1010 g/mol. The van der Waals surface area contributed by atoms with E-state index in [1.54, 1.807) is 0 Å². The predicted octanol–water partition coefficient (Wildman–Crippen LogP) is 13.4. The van der Waals surface area contributed by atoms with Crippen molar-refractivity contribution in [3.63, 3.8) is 0 Å². The van der Waals surface area contributed by atoms with Crippen molar-refractivity contribution in [2.24, 2.45) is 0 Å². The molecule has 0 spiro atoms. The Morgan fingerprint density at radius 3 is 0.783 bits per heavy atom. The lowest BCUT2D eigenvalue weighted by atomic mass is 9.85. The van der Waals surface area contributed by atoms with E-state index in [0.29, 0.717) is 36.5 Å². The van der Waals surface area contributed by atoms with Gasteiger partial charge in [0.05, 0.1) is 33.4 Å². The second-order valence-corrected chi connectivity index (χ2v) is 21.4. The minimum atomic E-state index is -0.562. The molecule has 384 valence electrons. The molecule has 9 nitrogen and oxygen atoms in total. The van der Waals surface area contributed by atoms with Gasteiger partial charge in [-0.15, -0.1) is 0 Å². The minimum Gasteiger partial charge on any atom is -0.351 e. The Labute approximate surface area is 431 Å². The predicted molar refractivity (Wildman–Crippen MR) is 295 cm³/mol. The average molecular weight is 1010 g/mol. The van der Waals surface area contributed by atoms with E-state index in [-0.39, 0.29) is 68.4 Å². The van der Waals surface area contributed by atoms with Gasteiger partial charge in [0.15, 0.2) is 15.3 Å². The molecule has 0 aliphatic carbocycles. The number of carbonyl (C=O) groups excluding carboxylic acids is 6. The number of carbonyl (C=O) groups is 6. The van der Waals surface area contributed by atoms with E-state index < -0.39 is 17.7 Å². The van der Waals surface area contributed by atoms with Crippen molar-refractivity contribution in [3.8, 4) is 35.5 Å². The number of hydrogen-bond donors (Lipinski definition) is 3. The molecule has 0 aliphatic rings. The van der Waals surface area contributed by atoms with Crippen LogP contribution in [0.1, 0.15) is 263 Å². The fraction of sp³-hybridized carbons (Fsp3) is 0.684. The third kappa shape index (κ3) is 31.4. The number of benzene rings is 1. The van der Waals surface area contributed by atoms with Crippen LogP contribution >= 0.6 is 35.3 Å². The molecular formula is C57H87N3O6S3. The molecule has 0 aromatic heterocycles. The Hall–Kier alpha value is -3.63. The zero-order valence-corrected chi connectivity index (χ0v) is 46.0. The Morgan fingerprint density at radius 1 is 0.348 bits per heavy atom. The number of thioether (sulfide) groups is 3. The van der Waals surface area contributed by atoms with Crippen molar-refractivity contribution in [1.29, 1.82) is 0 Å². The number of rotatable bonds is 36. The van der Waals surface area contributed by atoms with E-state index in [9.17, 15) is 28.8 Å². The zero-order valence-electron chi connectivity index (χ0n) is 43.5. The Bertz CT molecular complexity index is 1660. The molecule has 0 atom stereocenters. The fourth-order valence-corrected chi connectivity index (χ4v) is 9.12. The summed E-state index contributed by atoms with van der Waals surface area (Å²) < 4.78 is 0. The van der Waals surface area contributed by atoms with Crippen molar-refractivity contribution < 1.29 is 28.8 Å². The summed E-state index contributed by atoms with van der Waals surface area (Å²) in [5.41, 5.74) is 0.526. The average Bonchev–Trinajstić information content (AvgIpc) is 3.31. The van der Waals surface area contributed by atoms with Crippen LogP contribution in [0.15, 0.2) is 0 Å². The summed E-state index contributed by atoms with van der Waals surface area (Å²) in [5, 5.41) is 8.62. The third-order valence-electron chi connectivity index (χ3n) is 11.4. The summed E-state index contributed by atoms with van der Waals surface area (Å²) in [6.07, 6.45) is 28.8. The Morgan fingerprint density at radius 2 is 0.565 bits per heavy atom. The van der Waals surface area contributed by atoms with Crippen LogP contribution in [-0.4, -0.2) is 70.0 Å². The van der Waals surface area contributed by atoms with E-state index in [0.717, 1.165) is 93.1 Å². The van der Waals surface area contributed by atoms with Gasteiger partial charge in [-0.1, -0.05) is 226 Å². The second-order valence-electron chi connectivity index (χ2n) is 17.6. The largest absolute Gasteiger partial charge is 0.351 e. The second kappa shape index (κ2) is 43.2. The molecule has 0 bridgehead atoms. The van der Waals surface area contributed by atoms with Crippen LogP contribution in [0.2, 0.25) is 0 Å². The summed E-state index contributed by atoms with van der Waals surface area (Å²) >= 11 is 3.27. The summed E-state index contributed by atoms with van der Waals surface area (Å²) in [7, 11) is 0. The van der Waals surface area contributed by atoms with Crippen LogP contribution in [-0.2, 0) is 14.4 Å². The maximum absolute atomic E-state index is 14.7. The van der Waals surface area contributed by atoms with Crippen LogP contribution in [0, 0.1) is 35.5 Å². The summed E-state index contributed by atoms with van der Waals surface area (Å²) in [6.45, 7) is 11.5. The quantitative estimate of drug-likeness (QED) is 0.0443. The maximum atomic E-state index is 14.7. The molecular weight excluding hydrogens is 919 g/mol. The summed E-state index contributed by atoms with van der Waals surface area (Å²) in [6, 6.07) is 0. The third-order valence-corrected chi connectivity index (χ3v) is 13.8. The number of amides is 3. The normalized spacial score (nSPS) is 10.5. The van der Waals surface area contributed by atoms with E-state index in [4.69, 9.17) is 0 Å². The van der Waals surface area contributed by atoms with Gasteiger partial charge in [0, 0.05) is 76.9 Å². The molecule has 3 amide bonds. The Kier molecular flexibility index (Phi) is 39.7. The first-order chi connectivity index (χ1) is 33.5. The van der Waals surface area contributed by atoms with E-state index in [1.807, 2.05) is 0 Å². The molecule has 1 rings (SSSR count). The molecule has 3 N–H and O–H groups in total. The lowest BCUT2D eigenvalue weighted by molar-refractivity contribution is -0.109. The smallest absolute Gasteiger partial charge is 0.253 e. The van der Waals surface area contributed by atoms with Crippen molar-refractivity contribution >= 4 is 68.4 Å². The lowest BCUT2D eigenvalue weighted by Crippen LogP contribution is -2.35. The van der Waals surface area contributed by atoms with Gasteiger partial charge in [-0.25, -0.2) is 0 Å². The van der Waals surface area contributed by atoms with Gasteiger partial charge in [0.25, 0.3) is 17.7 Å². The molecule has 0 saturated carbocycles. The summed E-state index contributed by atoms with van der Waals surface area (Å²) in [5.74, 6) is 19.0. The van der Waals surface area contributed by atoms with Gasteiger partial charge < -0.3 is 16.0 Å².